The quantitative estimate of drug-likeness (QED) is 0.290. The van der Waals surface area contributed by atoms with Gasteiger partial charge in [0.1, 0.15) is 11.4 Å². The minimum atomic E-state index is -3.84. The minimum Gasteiger partial charge on any atom is -0.494 e. The lowest BCUT2D eigenvalue weighted by molar-refractivity contribution is 0.415. The van der Waals surface area contributed by atoms with E-state index in [1.807, 2.05) is 44.2 Å². The molecule has 10 heteroatoms. The number of methoxy groups -OCH3 is 1. The summed E-state index contributed by atoms with van der Waals surface area (Å²) in [5, 5.41) is 3.09. The second-order valence-electron chi connectivity index (χ2n) is 8.23. The summed E-state index contributed by atoms with van der Waals surface area (Å²) in [4.78, 5) is 17.6. The van der Waals surface area contributed by atoms with E-state index in [0.29, 0.717) is 22.6 Å². The first-order valence-electron chi connectivity index (χ1n) is 11.0. The predicted molar refractivity (Wildman–Crippen MR) is 146 cm³/mol. The highest BCUT2D eigenvalue weighted by Crippen LogP contribution is 2.31. The molecule has 0 atom stereocenters. The van der Waals surface area contributed by atoms with Gasteiger partial charge in [0.15, 0.2) is 0 Å². The molecule has 1 aromatic heterocycles. The van der Waals surface area contributed by atoms with Crippen molar-refractivity contribution in [2.45, 2.75) is 25.7 Å². The van der Waals surface area contributed by atoms with Gasteiger partial charge in [-0.05, 0) is 68.3 Å². The topological polar surface area (TPSA) is 106 Å². The molecule has 3 aromatic carbocycles. The molecule has 4 rings (SSSR count). The van der Waals surface area contributed by atoms with Crippen LogP contribution in [0.1, 0.15) is 22.4 Å². The summed E-state index contributed by atoms with van der Waals surface area (Å²) in [6.45, 7) is 5.54. The van der Waals surface area contributed by atoms with Gasteiger partial charge in [-0.1, -0.05) is 34.1 Å². The van der Waals surface area contributed by atoms with Crippen molar-refractivity contribution in [2.75, 3.05) is 11.8 Å². The Morgan fingerprint density at radius 2 is 1.78 bits per heavy atom. The molecule has 0 saturated carbocycles. The largest absolute Gasteiger partial charge is 0.494 e. The van der Waals surface area contributed by atoms with Gasteiger partial charge in [-0.2, -0.15) is 0 Å². The van der Waals surface area contributed by atoms with Crippen LogP contribution in [0, 0.1) is 20.8 Å². The van der Waals surface area contributed by atoms with Crippen molar-refractivity contribution in [3.8, 4) is 11.4 Å². The molecule has 0 unspecified atom stereocenters. The van der Waals surface area contributed by atoms with Crippen molar-refractivity contribution >= 4 is 43.5 Å². The normalized spacial score (nSPS) is 11.7. The van der Waals surface area contributed by atoms with Crippen LogP contribution in [0.5, 0.6) is 5.75 Å². The molecule has 186 valence electrons. The fourth-order valence-corrected chi connectivity index (χ4v) is 5.33. The fourth-order valence-electron chi connectivity index (χ4n) is 3.71. The Hall–Kier alpha value is -3.63. The van der Waals surface area contributed by atoms with E-state index in [1.165, 1.54) is 30.1 Å². The molecular formula is C26H25BrN4O4S. The van der Waals surface area contributed by atoms with Crippen LogP contribution in [-0.2, 0) is 10.0 Å². The summed E-state index contributed by atoms with van der Waals surface area (Å²) in [7, 11) is -2.41. The Kier molecular flexibility index (Phi) is 7.18. The molecule has 0 amide bonds. The Morgan fingerprint density at radius 1 is 1.03 bits per heavy atom. The van der Waals surface area contributed by atoms with E-state index >= 15 is 0 Å². The highest BCUT2D eigenvalue weighted by molar-refractivity contribution is 9.10. The molecular weight excluding hydrogens is 544 g/mol. The van der Waals surface area contributed by atoms with Crippen LogP contribution >= 0.6 is 15.9 Å². The number of hydrogen-bond acceptors (Lipinski definition) is 5. The maximum atomic E-state index is 13.1. The molecule has 0 aliphatic carbocycles. The monoisotopic (exact) mass is 568 g/mol. The van der Waals surface area contributed by atoms with E-state index < -0.39 is 10.0 Å². The van der Waals surface area contributed by atoms with Gasteiger partial charge < -0.3 is 4.74 Å². The molecule has 0 bridgehead atoms. The van der Waals surface area contributed by atoms with Gasteiger partial charge in [0.2, 0.25) is 0 Å². The summed E-state index contributed by atoms with van der Waals surface area (Å²) in [6, 6.07) is 17.2. The van der Waals surface area contributed by atoms with E-state index in [-0.39, 0.29) is 16.2 Å². The summed E-state index contributed by atoms with van der Waals surface area (Å²) in [5.41, 5.74) is 4.14. The van der Waals surface area contributed by atoms with Crippen LogP contribution in [-0.4, -0.2) is 31.5 Å². The molecule has 0 aliphatic heterocycles. The van der Waals surface area contributed by atoms with Crippen LogP contribution in [0.15, 0.2) is 79.8 Å². The average Bonchev–Trinajstić information content (AvgIpc) is 3.11. The van der Waals surface area contributed by atoms with E-state index in [0.717, 1.165) is 21.3 Å². The molecule has 0 radical (unpaired) electrons. The van der Waals surface area contributed by atoms with Crippen molar-refractivity contribution in [1.82, 2.24) is 9.78 Å². The molecule has 0 saturated heterocycles. The lowest BCUT2D eigenvalue weighted by Gasteiger charge is -2.12. The van der Waals surface area contributed by atoms with E-state index in [4.69, 9.17) is 4.74 Å². The number of H-pyrrole nitrogens is 1. The van der Waals surface area contributed by atoms with E-state index in [2.05, 4.69) is 30.7 Å². The lowest BCUT2D eigenvalue weighted by atomic mass is 10.2. The smallest absolute Gasteiger partial charge is 0.280 e. The summed E-state index contributed by atoms with van der Waals surface area (Å²) in [5.74, 6) is 0.260. The van der Waals surface area contributed by atoms with Crippen LogP contribution in [0.4, 0.5) is 11.4 Å². The van der Waals surface area contributed by atoms with Gasteiger partial charge in [0.25, 0.3) is 15.6 Å². The Balaban J connectivity index is 1.65. The Morgan fingerprint density at radius 3 is 2.47 bits per heavy atom. The van der Waals surface area contributed by atoms with E-state index in [1.54, 1.807) is 25.1 Å². The first kappa shape index (κ1) is 25.5. The lowest BCUT2D eigenvalue weighted by Crippen LogP contribution is -2.18. The highest BCUT2D eigenvalue weighted by Gasteiger charge is 2.18. The number of nitrogens with zero attached hydrogens (tertiary/aromatic N) is 2. The van der Waals surface area contributed by atoms with Crippen LogP contribution < -0.4 is 15.0 Å². The number of aromatic amines is 1. The van der Waals surface area contributed by atoms with Crippen LogP contribution in [0.2, 0.25) is 0 Å². The minimum absolute atomic E-state index is 0.0347. The van der Waals surface area contributed by atoms with Crippen molar-refractivity contribution in [3.63, 3.8) is 0 Å². The molecule has 4 aromatic rings. The van der Waals surface area contributed by atoms with Crippen molar-refractivity contribution < 1.29 is 13.2 Å². The van der Waals surface area contributed by atoms with Crippen LogP contribution in [0.25, 0.3) is 5.69 Å². The number of halogens is 1. The highest BCUT2D eigenvalue weighted by atomic mass is 79.9. The summed E-state index contributed by atoms with van der Waals surface area (Å²) >= 11 is 3.44. The number of aromatic nitrogens is 2. The number of aliphatic imine (C=N–C) groups is 1. The molecule has 1 heterocycles. The van der Waals surface area contributed by atoms with Gasteiger partial charge in [0.05, 0.1) is 28.9 Å². The SMILES string of the molecule is COc1cc(S(=O)(=O)Nc2ccccc2C)ccc1N=Cc1c(C)[nH]n(-c2ccc(Br)cc2C)c1=O. The number of rotatable bonds is 7. The molecule has 8 nitrogen and oxygen atoms in total. The first-order valence-corrected chi connectivity index (χ1v) is 13.3. The third-order valence-corrected chi connectivity index (χ3v) is 7.56. The van der Waals surface area contributed by atoms with Crippen LogP contribution in [0.3, 0.4) is 0 Å². The van der Waals surface area contributed by atoms with Gasteiger partial charge in [-0.3, -0.25) is 19.6 Å². The second kappa shape index (κ2) is 10.2. The molecule has 0 aliphatic rings. The number of hydrogen-bond donors (Lipinski definition) is 2. The van der Waals surface area contributed by atoms with Gasteiger partial charge >= 0.3 is 0 Å². The third kappa shape index (κ3) is 5.14. The zero-order valence-electron chi connectivity index (χ0n) is 20.2. The Bertz CT molecular complexity index is 1640. The Labute approximate surface area is 217 Å². The average molecular weight is 569 g/mol. The molecule has 2 N–H and O–H groups in total. The number of nitrogens with one attached hydrogen (secondary N) is 2. The maximum Gasteiger partial charge on any atom is 0.280 e. The van der Waals surface area contributed by atoms with E-state index in [9.17, 15) is 13.2 Å². The van der Waals surface area contributed by atoms with Crippen molar-refractivity contribution in [2.24, 2.45) is 4.99 Å². The maximum absolute atomic E-state index is 13.1. The zero-order valence-corrected chi connectivity index (χ0v) is 22.6. The number of aryl methyl sites for hydroxylation is 3. The van der Waals surface area contributed by atoms with Gasteiger partial charge in [0, 0.05) is 22.4 Å². The number of sulfonamides is 1. The molecule has 0 fully saturated rings. The number of para-hydroxylation sites is 1. The molecule has 0 spiro atoms. The van der Waals surface area contributed by atoms with Gasteiger partial charge in [-0.15, -0.1) is 0 Å². The number of benzene rings is 3. The zero-order chi connectivity index (χ0) is 26.0. The van der Waals surface area contributed by atoms with Crippen molar-refractivity contribution in [3.05, 3.63) is 97.9 Å². The predicted octanol–water partition coefficient (Wildman–Crippen LogP) is 5.41. The molecule has 36 heavy (non-hydrogen) atoms. The standard InChI is InChI=1S/C26H25BrN4O4S/c1-16-7-5-6-8-22(16)30-36(33,34)20-10-11-23(25(14-20)35-4)28-15-21-18(3)29-31(26(21)32)24-12-9-19(27)13-17(24)2/h5-15,29-30H,1-4H3. The summed E-state index contributed by atoms with van der Waals surface area (Å²) in [6.07, 6.45) is 1.45. The number of ether oxygens (including phenoxy) is 1. The second-order valence-corrected chi connectivity index (χ2v) is 10.8. The van der Waals surface area contributed by atoms with Crippen molar-refractivity contribution in [1.29, 1.82) is 0 Å². The first-order chi connectivity index (χ1) is 17.1. The summed E-state index contributed by atoms with van der Waals surface area (Å²) < 4.78 is 36.3. The third-order valence-electron chi connectivity index (χ3n) is 5.70. The van der Waals surface area contributed by atoms with Gasteiger partial charge in [-0.25, -0.2) is 13.1 Å². The fraction of sp³-hybridized carbons (Fsp3) is 0.154. The number of anilines is 1.